The van der Waals surface area contributed by atoms with Gasteiger partial charge in [-0.1, -0.05) is 48.5 Å². The maximum Gasteiger partial charge on any atom is 0.209 e. The zero-order chi connectivity index (χ0) is 13.0. The van der Waals surface area contributed by atoms with Gasteiger partial charge in [-0.05, 0) is 17.7 Å². The van der Waals surface area contributed by atoms with Crippen molar-refractivity contribution < 1.29 is 12.8 Å². The second-order valence-corrected chi connectivity index (χ2v) is 5.57. The summed E-state index contributed by atoms with van der Waals surface area (Å²) in [5.41, 5.74) is 0.337. The Hall–Kier alpha value is -1.94. The number of benzene rings is 2. The van der Waals surface area contributed by atoms with Crippen LogP contribution in [-0.2, 0) is 9.84 Å². The quantitative estimate of drug-likeness (QED) is 0.849. The number of rotatable bonds is 3. The van der Waals surface area contributed by atoms with E-state index < -0.39 is 9.84 Å². The fourth-order valence-electron chi connectivity index (χ4n) is 1.61. The van der Waals surface area contributed by atoms with Gasteiger partial charge in [-0.25, -0.2) is 12.8 Å². The van der Waals surface area contributed by atoms with Crippen LogP contribution in [0.5, 0.6) is 0 Å². The van der Waals surface area contributed by atoms with E-state index >= 15 is 0 Å². The predicted octanol–water partition coefficient (Wildman–Crippen LogP) is 3.43. The lowest BCUT2D eigenvalue weighted by Crippen LogP contribution is -2.03. The molecule has 18 heavy (non-hydrogen) atoms. The summed E-state index contributed by atoms with van der Waals surface area (Å²) >= 11 is 0. The second kappa shape index (κ2) is 5.14. The van der Waals surface area contributed by atoms with Crippen molar-refractivity contribution in [1.82, 2.24) is 0 Å². The Morgan fingerprint density at radius 1 is 0.889 bits per heavy atom. The Morgan fingerprint density at radius 3 is 1.89 bits per heavy atom. The minimum atomic E-state index is -3.82. The maximum absolute atomic E-state index is 13.0. The van der Waals surface area contributed by atoms with Crippen molar-refractivity contribution in [2.75, 3.05) is 0 Å². The molecule has 0 aliphatic carbocycles. The van der Waals surface area contributed by atoms with Crippen molar-refractivity contribution in [2.45, 2.75) is 4.90 Å². The van der Waals surface area contributed by atoms with E-state index in [0.29, 0.717) is 5.56 Å². The molecule has 0 bridgehead atoms. The van der Waals surface area contributed by atoms with Crippen LogP contribution in [0.15, 0.2) is 71.9 Å². The van der Waals surface area contributed by atoms with Crippen molar-refractivity contribution in [2.24, 2.45) is 0 Å². The van der Waals surface area contributed by atoms with Gasteiger partial charge in [0.25, 0.3) is 0 Å². The summed E-state index contributed by atoms with van der Waals surface area (Å²) in [4.78, 5) is -0.243. The van der Waals surface area contributed by atoms with Gasteiger partial charge < -0.3 is 0 Å². The van der Waals surface area contributed by atoms with E-state index in [2.05, 4.69) is 0 Å². The zero-order valence-electron chi connectivity index (χ0n) is 9.45. The number of hydrogen-bond donors (Lipinski definition) is 0. The van der Waals surface area contributed by atoms with Crippen molar-refractivity contribution in [3.63, 3.8) is 0 Å². The average molecular weight is 262 g/mol. The van der Waals surface area contributed by atoms with Crippen LogP contribution in [-0.4, -0.2) is 8.42 Å². The molecular formula is C14H11FO2S. The molecule has 0 saturated heterocycles. The van der Waals surface area contributed by atoms with E-state index in [1.165, 1.54) is 12.1 Å². The van der Waals surface area contributed by atoms with Gasteiger partial charge in [-0.15, -0.1) is 0 Å². The lowest BCUT2D eigenvalue weighted by atomic mass is 10.2. The Bertz CT molecular complexity index is 647. The van der Waals surface area contributed by atoms with Crippen molar-refractivity contribution in [3.8, 4) is 0 Å². The summed E-state index contributed by atoms with van der Waals surface area (Å²) in [5.74, 6) is 0. The van der Waals surface area contributed by atoms with Gasteiger partial charge >= 0.3 is 0 Å². The fourth-order valence-corrected chi connectivity index (χ4v) is 2.94. The van der Waals surface area contributed by atoms with Crippen LogP contribution in [0.3, 0.4) is 0 Å². The third-order valence-corrected chi connectivity index (χ3v) is 4.30. The predicted molar refractivity (Wildman–Crippen MR) is 69.2 cm³/mol. The summed E-state index contributed by atoms with van der Waals surface area (Å²) in [5, 5.41) is 0. The highest BCUT2D eigenvalue weighted by atomic mass is 32.2. The molecular weight excluding hydrogens is 251 g/mol. The molecule has 0 aromatic heterocycles. The summed E-state index contributed by atoms with van der Waals surface area (Å²) in [7, 11) is -3.82. The van der Waals surface area contributed by atoms with Gasteiger partial charge in [-0.2, -0.15) is 0 Å². The third kappa shape index (κ3) is 2.33. The molecule has 0 spiro atoms. The highest BCUT2D eigenvalue weighted by Crippen LogP contribution is 2.27. The van der Waals surface area contributed by atoms with E-state index in [1.54, 1.807) is 48.5 Å². The van der Waals surface area contributed by atoms with E-state index in [9.17, 15) is 12.8 Å². The van der Waals surface area contributed by atoms with Crippen LogP contribution in [0, 0.1) is 0 Å². The summed E-state index contributed by atoms with van der Waals surface area (Å²) in [6.07, 6.45) is 0.137. The van der Waals surface area contributed by atoms with E-state index in [0.717, 1.165) is 0 Å². The monoisotopic (exact) mass is 262 g/mol. The molecule has 0 aliphatic rings. The Labute approximate surface area is 105 Å². The summed E-state index contributed by atoms with van der Waals surface area (Å²) in [6, 6.07) is 16.0. The first-order chi connectivity index (χ1) is 8.66. The van der Waals surface area contributed by atoms with E-state index in [4.69, 9.17) is 0 Å². The molecule has 2 nitrogen and oxygen atoms in total. The highest BCUT2D eigenvalue weighted by Gasteiger charge is 2.22. The number of sulfone groups is 1. The average Bonchev–Trinajstić information content (AvgIpc) is 2.41. The van der Waals surface area contributed by atoms with Gasteiger partial charge in [0.15, 0.2) is 0 Å². The van der Waals surface area contributed by atoms with Crippen LogP contribution in [0.2, 0.25) is 0 Å². The van der Waals surface area contributed by atoms with Gasteiger partial charge in [0, 0.05) is 0 Å². The van der Waals surface area contributed by atoms with Crippen LogP contribution in [0.1, 0.15) is 5.56 Å². The molecule has 0 atom stereocenters. The van der Waals surface area contributed by atoms with E-state index in [1.807, 2.05) is 0 Å². The zero-order valence-corrected chi connectivity index (χ0v) is 10.3. The van der Waals surface area contributed by atoms with Gasteiger partial charge in [0.2, 0.25) is 9.84 Å². The van der Waals surface area contributed by atoms with Crippen LogP contribution in [0.4, 0.5) is 4.39 Å². The molecule has 0 heterocycles. The van der Waals surface area contributed by atoms with Crippen molar-refractivity contribution in [1.29, 1.82) is 0 Å². The molecule has 0 aliphatic heterocycles. The minimum absolute atomic E-state index is 0.0813. The maximum atomic E-state index is 13.0. The summed E-state index contributed by atoms with van der Waals surface area (Å²) in [6.45, 7) is 0. The first kappa shape index (κ1) is 12.5. The van der Waals surface area contributed by atoms with Gasteiger partial charge in [0.1, 0.15) is 11.2 Å². The molecule has 4 heteroatoms. The standard InChI is InChI=1S/C14H11FO2S/c15-11-14(12-7-3-1-4-8-12)18(16,17)13-9-5-2-6-10-13/h1-11H/b14-11+. The molecule has 2 aromatic rings. The van der Waals surface area contributed by atoms with Crippen molar-refractivity contribution >= 4 is 14.7 Å². The van der Waals surface area contributed by atoms with Crippen molar-refractivity contribution in [3.05, 3.63) is 72.6 Å². The number of hydrogen-bond acceptors (Lipinski definition) is 2. The van der Waals surface area contributed by atoms with Crippen LogP contribution >= 0.6 is 0 Å². The normalized spacial score (nSPS) is 12.4. The molecule has 92 valence electrons. The van der Waals surface area contributed by atoms with Crippen LogP contribution in [0.25, 0.3) is 4.91 Å². The van der Waals surface area contributed by atoms with Crippen LogP contribution < -0.4 is 0 Å². The molecule has 2 aromatic carbocycles. The minimum Gasteiger partial charge on any atom is -0.218 e. The van der Waals surface area contributed by atoms with Gasteiger partial charge in [-0.3, -0.25) is 0 Å². The second-order valence-electron chi connectivity index (χ2n) is 3.66. The lowest BCUT2D eigenvalue weighted by molar-refractivity contribution is 0.605. The number of halogens is 1. The molecule has 0 N–H and O–H groups in total. The Kier molecular flexibility index (Phi) is 3.58. The Balaban J connectivity index is 2.54. The molecule has 0 fully saturated rings. The fraction of sp³-hybridized carbons (Fsp3) is 0. The smallest absolute Gasteiger partial charge is 0.209 e. The van der Waals surface area contributed by atoms with E-state index in [-0.39, 0.29) is 16.1 Å². The topological polar surface area (TPSA) is 34.1 Å². The molecule has 0 unspecified atom stereocenters. The molecule has 0 amide bonds. The molecule has 0 saturated carbocycles. The Morgan fingerprint density at radius 2 is 1.39 bits per heavy atom. The lowest BCUT2D eigenvalue weighted by Gasteiger charge is -2.07. The molecule has 2 rings (SSSR count). The van der Waals surface area contributed by atoms with Gasteiger partial charge in [0.05, 0.1) is 4.90 Å². The largest absolute Gasteiger partial charge is 0.218 e. The SMILES string of the molecule is O=S(=O)(/C(=C/F)c1ccccc1)c1ccccc1. The third-order valence-electron chi connectivity index (χ3n) is 2.50. The summed E-state index contributed by atoms with van der Waals surface area (Å²) < 4.78 is 37.5. The molecule has 0 radical (unpaired) electrons. The first-order valence-corrected chi connectivity index (χ1v) is 6.80. The highest BCUT2D eigenvalue weighted by molar-refractivity contribution is 8.00. The first-order valence-electron chi connectivity index (χ1n) is 5.32.